The number of methoxy groups -OCH3 is 1. The van der Waals surface area contributed by atoms with Crippen molar-refractivity contribution >= 4 is 5.69 Å². The van der Waals surface area contributed by atoms with E-state index in [1.807, 2.05) is 24.1 Å². The molecule has 0 unspecified atom stereocenters. The van der Waals surface area contributed by atoms with Gasteiger partial charge in [0.1, 0.15) is 11.6 Å². The number of pyridine rings is 1. The van der Waals surface area contributed by atoms with Gasteiger partial charge in [-0.15, -0.1) is 0 Å². The number of hydrogen-bond acceptors (Lipinski definition) is 3. The highest BCUT2D eigenvalue weighted by molar-refractivity contribution is 5.50. The maximum Gasteiger partial charge on any atom is 0.150 e. The van der Waals surface area contributed by atoms with Gasteiger partial charge < -0.3 is 9.64 Å². The summed E-state index contributed by atoms with van der Waals surface area (Å²) in [5.74, 6) is 0.264. The van der Waals surface area contributed by atoms with Crippen molar-refractivity contribution in [1.29, 1.82) is 0 Å². The first-order chi connectivity index (χ1) is 9.20. The van der Waals surface area contributed by atoms with E-state index in [2.05, 4.69) is 4.98 Å². The largest absolute Gasteiger partial charge is 0.497 e. The van der Waals surface area contributed by atoms with Crippen LogP contribution in [-0.2, 0) is 6.42 Å². The van der Waals surface area contributed by atoms with Crippen molar-refractivity contribution < 1.29 is 9.13 Å². The summed E-state index contributed by atoms with van der Waals surface area (Å²) in [7, 11) is 3.41. The number of nitrogens with zero attached hydrogens (tertiary/aromatic N) is 2. The molecule has 3 nitrogen and oxygen atoms in total. The molecule has 0 spiro atoms. The summed E-state index contributed by atoms with van der Waals surface area (Å²) in [4.78, 5) is 5.87. The maximum atomic E-state index is 13.9. The van der Waals surface area contributed by atoms with E-state index in [1.165, 1.54) is 18.7 Å². The van der Waals surface area contributed by atoms with Gasteiger partial charge in [0.25, 0.3) is 0 Å². The lowest BCUT2D eigenvalue weighted by Crippen LogP contribution is -2.21. The lowest BCUT2D eigenvalue weighted by molar-refractivity contribution is 0.411. The van der Waals surface area contributed by atoms with Gasteiger partial charge in [0, 0.05) is 32.1 Å². The average Bonchev–Trinajstić information content (AvgIpc) is 2.45. The van der Waals surface area contributed by atoms with Gasteiger partial charge in [-0.3, -0.25) is 4.98 Å². The monoisotopic (exact) mass is 260 g/mol. The molecule has 2 rings (SSSR count). The molecule has 0 amide bonds. The van der Waals surface area contributed by atoms with Crippen LogP contribution >= 0.6 is 0 Å². The average molecular weight is 260 g/mol. The summed E-state index contributed by atoms with van der Waals surface area (Å²) in [6.45, 7) is 0.743. The second-order valence-electron chi connectivity index (χ2n) is 4.34. The molecule has 19 heavy (non-hydrogen) atoms. The fraction of sp³-hybridized carbons (Fsp3) is 0.267. The van der Waals surface area contributed by atoms with Gasteiger partial charge in [-0.1, -0.05) is 0 Å². The molecule has 2 aromatic rings. The molecule has 1 heterocycles. The normalized spacial score (nSPS) is 10.3. The van der Waals surface area contributed by atoms with Crippen LogP contribution in [0.3, 0.4) is 0 Å². The van der Waals surface area contributed by atoms with Crippen molar-refractivity contribution in [2.24, 2.45) is 0 Å². The predicted octanol–water partition coefficient (Wildman–Crippen LogP) is 2.91. The number of benzene rings is 1. The van der Waals surface area contributed by atoms with Gasteiger partial charge >= 0.3 is 0 Å². The Kier molecular flexibility index (Phi) is 4.34. The molecule has 0 saturated carbocycles. The van der Waals surface area contributed by atoms with E-state index in [9.17, 15) is 4.39 Å². The number of rotatable bonds is 5. The van der Waals surface area contributed by atoms with Crippen LogP contribution in [0.15, 0.2) is 42.7 Å². The molecular weight excluding hydrogens is 243 g/mol. The molecule has 100 valence electrons. The lowest BCUT2D eigenvalue weighted by atomic mass is 10.2. The molecule has 4 heteroatoms. The summed E-state index contributed by atoms with van der Waals surface area (Å²) in [6.07, 6.45) is 4.39. The van der Waals surface area contributed by atoms with Crippen molar-refractivity contribution in [3.05, 3.63) is 54.1 Å². The molecule has 0 saturated heterocycles. The van der Waals surface area contributed by atoms with Crippen molar-refractivity contribution in [2.45, 2.75) is 6.42 Å². The van der Waals surface area contributed by atoms with E-state index in [0.29, 0.717) is 11.4 Å². The molecule has 0 N–H and O–H groups in total. The number of aromatic nitrogens is 1. The minimum absolute atomic E-state index is 0.267. The molecule has 0 aliphatic heterocycles. The minimum atomic E-state index is -0.267. The molecule has 1 aromatic carbocycles. The topological polar surface area (TPSA) is 25.4 Å². The highest BCUT2D eigenvalue weighted by Crippen LogP contribution is 2.23. The SMILES string of the molecule is COc1ccc(N(C)CCc2ccncc2)c(F)c1. The van der Waals surface area contributed by atoms with Crippen LogP contribution in [0.5, 0.6) is 5.75 Å². The van der Waals surface area contributed by atoms with Crippen LogP contribution in [0.2, 0.25) is 0 Å². The standard InChI is InChI=1S/C15H17FN2O/c1-18(10-7-12-5-8-17-9-6-12)15-4-3-13(19-2)11-14(15)16/h3-6,8-9,11H,7,10H2,1-2H3. The van der Waals surface area contributed by atoms with Crippen LogP contribution < -0.4 is 9.64 Å². The Labute approximate surface area is 112 Å². The third-order valence-electron chi connectivity index (χ3n) is 3.05. The number of halogens is 1. The van der Waals surface area contributed by atoms with Crippen molar-refractivity contribution in [3.8, 4) is 5.75 Å². The van der Waals surface area contributed by atoms with Gasteiger partial charge in [-0.25, -0.2) is 4.39 Å². The third-order valence-corrected chi connectivity index (χ3v) is 3.05. The Morgan fingerprint density at radius 3 is 2.58 bits per heavy atom. The van der Waals surface area contributed by atoms with Crippen LogP contribution in [0, 0.1) is 5.82 Å². The summed E-state index contributed by atoms with van der Waals surface area (Å²) < 4.78 is 18.9. The Hall–Kier alpha value is -2.10. The molecule has 0 radical (unpaired) electrons. The van der Waals surface area contributed by atoms with Gasteiger partial charge in [0.05, 0.1) is 12.8 Å². The van der Waals surface area contributed by atoms with E-state index in [1.54, 1.807) is 24.5 Å². The Morgan fingerprint density at radius 2 is 1.95 bits per heavy atom. The predicted molar refractivity (Wildman–Crippen MR) is 74.2 cm³/mol. The molecule has 0 bridgehead atoms. The van der Waals surface area contributed by atoms with Crippen molar-refractivity contribution in [1.82, 2.24) is 4.98 Å². The fourth-order valence-corrected chi connectivity index (χ4v) is 1.89. The molecule has 0 atom stereocenters. The van der Waals surface area contributed by atoms with Gasteiger partial charge in [-0.2, -0.15) is 0 Å². The van der Waals surface area contributed by atoms with Crippen LogP contribution in [-0.4, -0.2) is 25.7 Å². The van der Waals surface area contributed by atoms with E-state index in [4.69, 9.17) is 4.74 Å². The Bertz CT molecular complexity index is 531. The van der Waals surface area contributed by atoms with Crippen LogP contribution in [0.4, 0.5) is 10.1 Å². The molecular formula is C15H17FN2O. The second-order valence-corrected chi connectivity index (χ2v) is 4.34. The molecule has 0 fully saturated rings. The van der Waals surface area contributed by atoms with Crippen LogP contribution in [0.1, 0.15) is 5.56 Å². The highest BCUT2D eigenvalue weighted by Gasteiger charge is 2.08. The molecule has 1 aromatic heterocycles. The smallest absolute Gasteiger partial charge is 0.150 e. The van der Waals surface area contributed by atoms with Gasteiger partial charge in [0.15, 0.2) is 0 Å². The lowest BCUT2D eigenvalue weighted by Gasteiger charge is -2.20. The summed E-state index contributed by atoms with van der Waals surface area (Å²) in [6, 6.07) is 8.84. The molecule has 0 aliphatic rings. The zero-order valence-corrected chi connectivity index (χ0v) is 11.1. The number of likely N-dealkylation sites (N-methyl/N-ethyl adjacent to an activating group) is 1. The van der Waals surface area contributed by atoms with Gasteiger partial charge in [0.2, 0.25) is 0 Å². The van der Waals surface area contributed by atoms with E-state index < -0.39 is 0 Å². The minimum Gasteiger partial charge on any atom is -0.497 e. The Morgan fingerprint density at radius 1 is 1.21 bits per heavy atom. The maximum absolute atomic E-state index is 13.9. The summed E-state index contributed by atoms with van der Waals surface area (Å²) in [5, 5.41) is 0. The second kappa shape index (κ2) is 6.18. The number of anilines is 1. The first-order valence-corrected chi connectivity index (χ1v) is 6.14. The summed E-state index contributed by atoms with van der Waals surface area (Å²) in [5.41, 5.74) is 1.77. The number of hydrogen-bond donors (Lipinski definition) is 0. The quantitative estimate of drug-likeness (QED) is 0.826. The summed E-state index contributed by atoms with van der Waals surface area (Å²) >= 11 is 0. The van der Waals surface area contributed by atoms with E-state index in [0.717, 1.165) is 13.0 Å². The first-order valence-electron chi connectivity index (χ1n) is 6.14. The molecule has 0 aliphatic carbocycles. The van der Waals surface area contributed by atoms with Crippen molar-refractivity contribution in [3.63, 3.8) is 0 Å². The fourth-order valence-electron chi connectivity index (χ4n) is 1.89. The zero-order valence-electron chi connectivity index (χ0n) is 11.1. The van der Waals surface area contributed by atoms with Gasteiger partial charge in [-0.05, 0) is 36.2 Å². The first kappa shape index (κ1) is 13.3. The van der Waals surface area contributed by atoms with Crippen LogP contribution in [0.25, 0.3) is 0 Å². The zero-order chi connectivity index (χ0) is 13.7. The Balaban J connectivity index is 2.02. The van der Waals surface area contributed by atoms with E-state index >= 15 is 0 Å². The third kappa shape index (κ3) is 3.44. The highest BCUT2D eigenvalue weighted by atomic mass is 19.1. The van der Waals surface area contributed by atoms with Crippen molar-refractivity contribution in [2.75, 3.05) is 25.6 Å². The number of ether oxygens (including phenoxy) is 1. The van der Waals surface area contributed by atoms with E-state index in [-0.39, 0.29) is 5.82 Å².